The highest BCUT2D eigenvalue weighted by atomic mass is 16.2. The van der Waals surface area contributed by atoms with Crippen molar-refractivity contribution in [3.63, 3.8) is 0 Å². The van der Waals surface area contributed by atoms with Crippen LogP contribution in [0.3, 0.4) is 0 Å². The smallest absolute Gasteiger partial charge is 0.222 e. The van der Waals surface area contributed by atoms with Gasteiger partial charge in [-0.3, -0.25) is 9.69 Å². The maximum absolute atomic E-state index is 13.3. The number of rotatable bonds is 7. The molecule has 0 N–H and O–H groups in total. The molecule has 0 unspecified atom stereocenters. The van der Waals surface area contributed by atoms with Crippen LogP contribution in [0.4, 0.5) is 0 Å². The standard InChI is InChI=1S/C36H48N4O/c1-27-37-33-14-8-9-15-34(33)40(27)32-25-30-16-17-31(26-32)39(30)23-20-36(29-12-6-3-7-13-29)18-21-38(22-19-36)35(41)24-28-10-4-2-5-11-28/h3,6-9,12-15,28,30-32H,2,4-5,10-11,16-26H2,1H3/t30-,31+,32+. The van der Waals surface area contributed by atoms with Crippen molar-refractivity contribution in [2.75, 3.05) is 19.6 Å². The van der Waals surface area contributed by atoms with Crippen LogP contribution in [0.15, 0.2) is 54.6 Å². The molecule has 1 amide bonds. The van der Waals surface area contributed by atoms with E-state index >= 15 is 0 Å². The number of likely N-dealkylation sites (tertiary alicyclic amines) is 1. The van der Waals surface area contributed by atoms with Crippen LogP contribution in [0.25, 0.3) is 11.0 Å². The van der Waals surface area contributed by atoms with E-state index in [9.17, 15) is 4.79 Å². The molecule has 41 heavy (non-hydrogen) atoms. The Balaban J connectivity index is 1.03. The number of aryl methyl sites for hydroxylation is 1. The average molecular weight is 553 g/mol. The van der Waals surface area contributed by atoms with Crippen LogP contribution < -0.4 is 0 Å². The van der Waals surface area contributed by atoms with Gasteiger partial charge in [-0.25, -0.2) is 4.98 Å². The van der Waals surface area contributed by atoms with Crippen molar-refractivity contribution in [3.05, 3.63) is 66.0 Å². The van der Waals surface area contributed by atoms with E-state index in [2.05, 4.69) is 75.9 Å². The first-order valence-electron chi connectivity index (χ1n) is 16.6. The van der Waals surface area contributed by atoms with Crippen LogP contribution in [-0.4, -0.2) is 57.0 Å². The second kappa shape index (κ2) is 11.6. The number of aromatic nitrogens is 2. The van der Waals surface area contributed by atoms with Gasteiger partial charge in [0.1, 0.15) is 5.82 Å². The first kappa shape index (κ1) is 27.2. The number of hydrogen-bond donors (Lipinski definition) is 0. The molecule has 3 aliphatic heterocycles. The van der Waals surface area contributed by atoms with E-state index in [1.807, 2.05) is 0 Å². The molecule has 3 atom stereocenters. The van der Waals surface area contributed by atoms with Gasteiger partial charge in [-0.1, -0.05) is 61.7 Å². The fourth-order valence-electron chi connectivity index (χ4n) is 9.22. The summed E-state index contributed by atoms with van der Waals surface area (Å²) in [4.78, 5) is 23.2. The molecule has 1 saturated carbocycles. The molecule has 4 heterocycles. The van der Waals surface area contributed by atoms with Gasteiger partial charge in [-0.05, 0) is 100 Å². The number of benzene rings is 2. The monoisotopic (exact) mass is 552 g/mol. The lowest BCUT2D eigenvalue weighted by molar-refractivity contribution is -0.134. The number of para-hydroxylation sites is 2. The molecular weight excluding hydrogens is 504 g/mol. The number of nitrogens with zero attached hydrogens (tertiary/aromatic N) is 4. The Morgan fingerprint density at radius 1 is 0.854 bits per heavy atom. The summed E-state index contributed by atoms with van der Waals surface area (Å²) >= 11 is 0. The van der Waals surface area contributed by atoms with Gasteiger partial charge < -0.3 is 9.47 Å². The number of fused-ring (bicyclic) bond motifs is 3. The lowest BCUT2D eigenvalue weighted by Crippen LogP contribution is -2.49. The summed E-state index contributed by atoms with van der Waals surface area (Å²) in [6.45, 7) is 5.20. The number of hydrogen-bond acceptors (Lipinski definition) is 3. The maximum atomic E-state index is 13.3. The molecule has 4 aliphatic rings. The second-order valence-corrected chi connectivity index (χ2v) is 13.8. The van der Waals surface area contributed by atoms with E-state index in [1.54, 1.807) is 0 Å². The van der Waals surface area contributed by atoms with E-state index in [4.69, 9.17) is 4.98 Å². The summed E-state index contributed by atoms with van der Waals surface area (Å²) in [6, 6.07) is 21.8. The summed E-state index contributed by atoms with van der Waals surface area (Å²) < 4.78 is 2.55. The normalized spacial score (nSPS) is 27.0. The molecule has 3 aromatic rings. The predicted octanol–water partition coefficient (Wildman–Crippen LogP) is 7.43. The van der Waals surface area contributed by atoms with Crippen LogP contribution >= 0.6 is 0 Å². The van der Waals surface area contributed by atoms with Crippen LogP contribution in [0.5, 0.6) is 0 Å². The van der Waals surface area contributed by atoms with E-state index in [0.717, 1.165) is 43.7 Å². The predicted molar refractivity (Wildman–Crippen MR) is 166 cm³/mol. The van der Waals surface area contributed by atoms with Crippen LogP contribution in [0.1, 0.15) is 101 Å². The molecule has 1 aromatic heterocycles. The van der Waals surface area contributed by atoms with Gasteiger partial charge in [-0.15, -0.1) is 0 Å². The number of piperidine rings is 2. The Hall–Kier alpha value is -2.66. The number of carbonyl (C=O) groups is 1. The van der Waals surface area contributed by atoms with E-state index in [1.165, 1.54) is 81.8 Å². The quantitative estimate of drug-likeness (QED) is 0.306. The van der Waals surface area contributed by atoms with E-state index in [-0.39, 0.29) is 5.41 Å². The van der Waals surface area contributed by atoms with Crippen LogP contribution in [0, 0.1) is 12.8 Å². The number of amides is 1. The molecule has 1 aliphatic carbocycles. The Morgan fingerprint density at radius 3 is 2.27 bits per heavy atom. The number of carbonyl (C=O) groups excluding carboxylic acids is 1. The molecule has 3 saturated heterocycles. The SMILES string of the molecule is Cc1nc2ccccc2n1[C@H]1C[C@H]2CC[C@@H](C1)N2CCC1(c2ccccc2)CCN(C(=O)CC2CCCCC2)CC1. The Morgan fingerprint density at radius 2 is 1.54 bits per heavy atom. The number of imidazole rings is 1. The first-order chi connectivity index (χ1) is 20.1. The molecule has 218 valence electrons. The van der Waals surface area contributed by atoms with Crippen molar-refractivity contribution < 1.29 is 4.79 Å². The topological polar surface area (TPSA) is 41.4 Å². The first-order valence-corrected chi connectivity index (χ1v) is 16.6. The summed E-state index contributed by atoms with van der Waals surface area (Å²) in [5.74, 6) is 2.21. The largest absolute Gasteiger partial charge is 0.343 e. The molecule has 2 aromatic carbocycles. The highest BCUT2D eigenvalue weighted by molar-refractivity contribution is 5.77. The van der Waals surface area contributed by atoms with Crippen LogP contribution in [0.2, 0.25) is 0 Å². The Kier molecular flexibility index (Phi) is 7.66. The summed E-state index contributed by atoms with van der Waals surface area (Å²) in [7, 11) is 0. The highest BCUT2D eigenvalue weighted by Gasteiger charge is 2.44. The molecule has 4 fully saturated rings. The molecular formula is C36H48N4O. The fourth-order valence-corrected chi connectivity index (χ4v) is 9.22. The van der Waals surface area contributed by atoms with Crippen molar-refractivity contribution in [1.82, 2.24) is 19.4 Å². The Bertz CT molecular complexity index is 1320. The molecule has 2 bridgehead atoms. The summed E-state index contributed by atoms with van der Waals surface area (Å²) in [5, 5.41) is 0. The summed E-state index contributed by atoms with van der Waals surface area (Å²) in [6.07, 6.45) is 15.8. The lowest BCUT2D eigenvalue weighted by atomic mass is 9.70. The zero-order valence-electron chi connectivity index (χ0n) is 25.0. The molecule has 7 rings (SSSR count). The third-order valence-corrected chi connectivity index (χ3v) is 11.5. The zero-order chi connectivity index (χ0) is 27.8. The average Bonchev–Trinajstić information content (AvgIpc) is 3.47. The van der Waals surface area contributed by atoms with Gasteiger partial charge in [-0.2, -0.15) is 0 Å². The van der Waals surface area contributed by atoms with E-state index in [0.29, 0.717) is 30.0 Å². The Labute approximate surface area is 246 Å². The van der Waals surface area contributed by atoms with Gasteiger partial charge >= 0.3 is 0 Å². The molecule has 5 heteroatoms. The fraction of sp³-hybridized carbons (Fsp3) is 0.611. The van der Waals surface area contributed by atoms with Gasteiger partial charge in [0.2, 0.25) is 5.91 Å². The minimum Gasteiger partial charge on any atom is -0.343 e. The lowest BCUT2D eigenvalue weighted by Gasteiger charge is -2.46. The molecule has 5 nitrogen and oxygen atoms in total. The third-order valence-electron chi connectivity index (χ3n) is 11.5. The summed E-state index contributed by atoms with van der Waals surface area (Å²) in [5.41, 5.74) is 4.10. The maximum Gasteiger partial charge on any atom is 0.222 e. The van der Waals surface area contributed by atoms with Gasteiger partial charge in [0.15, 0.2) is 0 Å². The van der Waals surface area contributed by atoms with E-state index < -0.39 is 0 Å². The second-order valence-electron chi connectivity index (χ2n) is 13.8. The van der Waals surface area contributed by atoms with Crippen molar-refractivity contribution in [1.29, 1.82) is 0 Å². The van der Waals surface area contributed by atoms with Crippen LogP contribution in [-0.2, 0) is 10.2 Å². The minimum absolute atomic E-state index is 0.177. The van der Waals surface area contributed by atoms with Gasteiger partial charge in [0, 0.05) is 37.6 Å². The van der Waals surface area contributed by atoms with Crippen molar-refractivity contribution in [2.45, 2.75) is 114 Å². The molecule has 0 radical (unpaired) electrons. The zero-order valence-corrected chi connectivity index (χ0v) is 25.0. The van der Waals surface area contributed by atoms with Crippen molar-refractivity contribution in [2.24, 2.45) is 5.92 Å². The highest BCUT2D eigenvalue weighted by Crippen LogP contribution is 2.45. The molecule has 0 spiro atoms. The van der Waals surface area contributed by atoms with Gasteiger partial charge in [0.25, 0.3) is 0 Å². The third kappa shape index (κ3) is 5.35. The van der Waals surface area contributed by atoms with Crippen molar-refractivity contribution in [3.8, 4) is 0 Å². The minimum atomic E-state index is 0.177. The van der Waals surface area contributed by atoms with Gasteiger partial charge in [0.05, 0.1) is 11.0 Å². The van der Waals surface area contributed by atoms with Crippen molar-refractivity contribution >= 4 is 16.9 Å².